The fraction of sp³-hybridized carbons (Fsp3) is 0.308. The molecular weight excluding hydrogens is 294 g/mol. The first-order chi connectivity index (χ1) is 8.79. The minimum atomic E-state index is 0.862. The summed E-state index contributed by atoms with van der Waals surface area (Å²) in [6, 6.07) is 5.94. The summed E-state index contributed by atoms with van der Waals surface area (Å²) >= 11 is 3.46. The maximum Gasteiger partial charge on any atom is 0.142 e. The van der Waals surface area contributed by atoms with Crippen LogP contribution in [0.1, 0.15) is 6.42 Å². The van der Waals surface area contributed by atoms with Gasteiger partial charge in [0.05, 0.1) is 19.1 Å². The molecule has 18 heavy (non-hydrogen) atoms. The van der Waals surface area contributed by atoms with Crippen molar-refractivity contribution in [1.82, 2.24) is 9.55 Å². The third-order valence-electron chi connectivity index (χ3n) is 2.63. The van der Waals surface area contributed by atoms with Gasteiger partial charge in [-0.3, -0.25) is 0 Å². The Morgan fingerprint density at radius 2 is 2.33 bits per heavy atom. The second kappa shape index (κ2) is 6.44. The van der Waals surface area contributed by atoms with Gasteiger partial charge in [0.25, 0.3) is 0 Å². The van der Waals surface area contributed by atoms with Gasteiger partial charge in [-0.1, -0.05) is 15.9 Å². The van der Waals surface area contributed by atoms with Crippen LogP contribution in [-0.2, 0) is 6.54 Å². The van der Waals surface area contributed by atoms with E-state index in [2.05, 4.69) is 30.8 Å². The zero-order chi connectivity index (χ0) is 12.8. The topological polar surface area (TPSA) is 39.1 Å². The Kier molecular flexibility index (Phi) is 4.64. The molecule has 1 heterocycles. The van der Waals surface area contributed by atoms with Gasteiger partial charge in [0.1, 0.15) is 5.75 Å². The first-order valence-corrected chi connectivity index (χ1v) is 6.62. The van der Waals surface area contributed by atoms with E-state index in [4.69, 9.17) is 4.74 Å². The summed E-state index contributed by atoms with van der Waals surface area (Å²) < 4.78 is 8.42. The molecule has 0 atom stereocenters. The van der Waals surface area contributed by atoms with Gasteiger partial charge < -0.3 is 14.6 Å². The third-order valence-corrected chi connectivity index (χ3v) is 3.12. The van der Waals surface area contributed by atoms with E-state index in [9.17, 15) is 0 Å². The lowest BCUT2D eigenvalue weighted by atomic mass is 10.3. The molecule has 96 valence electrons. The molecule has 0 aliphatic carbocycles. The maximum absolute atomic E-state index is 5.30. The van der Waals surface area contributed by atoms with Crippen molar-refractivity contribution in [3.8, 4) is 5.75 Å². The van der Waals surface area contributed by atoms with E-state index < -0.39 is 0 Å². The molecule has 5 heteroatoms. The molecule has 1 aromatic heterocycles. The quantitative estimate of drug-likeness (QED) is 0.833. The second-order valence-corrected chi connectivity index (χ2v) is 4.84. The van der Waals surface area contributed by atoms with Crippen molar-refractivity contribution in [2.75, 3.05) is 19.0 Å². The molecular formula is C13H16BrN3O. The molecule has 2 aromatic rings. The summed E-state index contributed by atoms with van der Waals surface area (Å²) in [6.07, 6.45) is 6.64. The van der Waals surface area contributed by atoms with E-state index in [-0.39, 0.29) is 0 Å². The lowest BCUT2D eigenvalue weighted by Gasteiger charge is -2.11. The molecule has 0 unspecified atom stereocenters. The van der Waals surface area contributed by atoms with Crippen molar-refractivity contribution in [2.45, 2.75) is 13.0 Å². The molecule has 0 spiro atoms. The van der Waals surface area contributed by atoms with Crippen LogP contribution in [0.4, 0.5) is 5.69 Å². The molecule has 0 saturated carbocycles. The number of imidazole rings is 1. The summed E-state index contributed by atoms with van der Waals surface area (Å²) in [4.78, 5) is 4.01. The van der Waals surface area contributed by atoms with Gasteiger partial charge in [-0.15, -0.1) is 0 Å². The van der Waals surface area contributed by atoms with Gasteiger partial charge in [-0.2, -0.15) is 0 Å². The standard InChI is InChI=1S/C13H16BrN3O/c1-18-13-4-3-11(14)9-12(13)16-5-2-7-17-8-6-15-10-17/h3-4,6,8-10,16H,2,5,7H2,1H3. The Balaban J connectivity index is 1.84. The highest BCUT2D eigenvalue weighted by atomic mass is 79.9. The van der Waals surface area contributed by atoms with Crippen LogP contribution >= 0.6 is 15.9 Å². The van der Waals surface area contributed by atoms with Crippen LogP contribution < -0.4 is 10.1 Å². The molecule has 0 amide bonds. The van der Waals surface area contributed by atoms with Gasteiger partial charge in [0.15, 0.2) is 0 Å². The van der Waals surface area contributed by atoms with Gasteiger partial charge in [-0.25, -0.2) is 4.98 Å². The number of halogens is 1. The molecule has 0 fully saturated rings. The largest absolute Gasteiger partial charge is 0.495 e. The van der Waals surface area contributed by atoms with Crippen molar-refractivity contribution in [2.24, 2.45) is 0 Å². The molecule has 0 bridgehead atoms. The predicted octanol–water partition coefficient (Wildman–Crippen LogP) is 3.16. The molecule has 1 N–H and O–H groups in total. The van der Waals surface area contributed by atoms with Crippen molar-refractivity contribution in [1.29, 1.82) is 0 Å². The molecule has 0 radical (unpaired) electrons. The maximum atomic E-state index is 5.30. The molecule has 4 nitrogen and oxygen atoms in total. The normalized spacial score (nSPS) is 10.3. The van der Waals surface area contributed by atoms with Crippen LogP contribution in [0.15, 0.2) is 41.4 Å². The van der Waals surface area contributed by atoms with Crippen molar-refractivity contribution in [3.05, 3.63) is 41.4 Å². The number of aryl methyl sites for hydroxylation is 1. The minimum absolute atomic E-state index is 0.862. The van der Waals surface area contributed by atoms with E-state index in [0.717, 1.165) is 35.4 Å². The van der Waals surface area contributed by atoms with Crippen LogP contribution in [0.5, 0.6) is 5.75 Å². The van der Waals surface area contributed by atoms with Crippen LogP contribution in [0.3, 0.4) is 0 Å². The zero-order valence-corrected chi connectivity index (χ0v) is 11.9. The van der Waals surface area contributed by atoms with Crippen LogP contribution in [0.25, 0.3) is 0 Å². The van der Waals surface area contributed by atoms with Crippen molar-refractivity contribution >= 4 is 21.6 Å². The highest BCUT2D eigenvalue weighted by Crippen LogP contribution is 2.27. The third kappa shape index (κ3) is 3.50. The predicted molar refractivity (Wildman–Crippen MR) is 76.0 cm³/mol. The van der Waals surface area contributed by atoms with Gasteiger partial charge in [-0.05, 0) is 24.6 Å². The molecule has 2 rings (SSSR count). The van der Waals surface area contributed by atoms with Crippen molar-refractivity contribution < 1.29 is 4.74 Å². The Hall–Kier alpha value is -1.49. The van der Waals surface area contributed by atoms with Crippen LogP contribution in [0.2, 0.25) is 0 Å². The van der Waals surface area contributed by atoms with E-state index >= 15 is 0 Å². The monoisotopic (exact) mass is 309 g/mol. The van der Waals surface area contributed by atoms with Crippen molar-refractivity contribution in [3.63, 3.8) is 0 Å². The highest BCUT2D eigenvalue weighted by Gasteiger charge is 2.02. The number of methoxy groups -OCH3 is 1. The number of nitrogens with zero attached hydrogens (tertiary/aromatic N) is 2. The van der Waals surface area contributed by atoms with Gasteiger partial charge in [0, 0.05) is 30.0 Å². The second-order valence-electron chi connectivity index (χ2n) is 3.93. The first-order valence-electron chi connectivity index (χ1n) is 5.83. The van der Waals surface area contributed by atoms with E-state index in [1.54, 1.807) is 13.3 Å². The number of hydrogen-bond acceptors (Lipinski definition) is 3. The smallest absolute Gasteiger partial charge is 0.142 e. The summed E-state index contributed by atoms with van der Waals surface area (Å²) in [6.45, 7) is 1.86. The summed E-state index contributed by atoms with van der Waals surface area (Å²) in [5, 5.41) is 3.38. The number of anilines is 1. The summed E-state index contributed by atoms with van der Waals surface area (Å²) in [5.74, 6) is 0.862. The lowest BCUT2D eigenvalue weighted by Crippen LogP contribution is -2.06. The van der Waals surface area contributed by atoms with Gasteiger partial charge in [0.2, 0.25) is 0 Å². The minimum Gasteiger partial charge on any atom is -0.495 e. The van der Waals surface area contributed by atoms with E-state index in [0.29, 0.717) is 0 Å². The molecule has 0 saturated heterocycles. The Bertz CT molecular complexity index is 485. The zero-order valence-electron chi connectivity index (χ0n) is 10.3. The number of benzene rings is 1. The SMILES string of the molecule is COc1ccc(Br)cc1NCCCn1ccnc1. The average molecular weight is 310 g/mol. The van der Waals surface area contributed by atoms with Crippen LogP contribution in [-0.4, -0.2) is 23.2 Å². The highest BCUT2D eigenvalue weighted by molar-refractivity contribution is 9.10. The molecule has 0 aliphatic heterocycles. The fourth-order valence-corrected chi connectivity index (χ4v) is 2.08. The Morgan fingerprint density at radius 1 is 1.44 bits per heavy atom. The molecule has 0 aliphatic rings. The van der Waals surface area contributed by atoms with E-state index in [1.165, 1.54) is 0 Å². The number of ether oxygens (including phenoxy) is 1. The number of hydrogen-bond donors (Lipinski definition) is 1. The fourth-order valence-electron chi connectivity index (χ4n) is 1.72. The average Bonchev–Trinajstić information content (AvgIpc) is 2.88. The summed E-state index contributed by atoms with van der Waals surface area (Å²) in [5.41, 5.74) is 1.01. The summed E-state index contributed by atoms with van der Waals surface area (Å²) in [7, 11) is 1.68. The number of rotatable bonds is 6. The van der Waals surface area contributed by atoms with Crippen LogP contribution in [0, 0.1) is 0 Å². The number of nitrogens with one attached hydrogen (secondary N) is 1. The van der Waals surface area contributed by atoms with Gasteiger partial charge >= 0.3 is 0 Å². The number of aromatic nitrogens is 2. The Morgan fingerprint density at radius 3 is 3.06 bits per heavy atom. The molecule has 1 aromatic carbocycles. The Labute approximate surface area is 115 Å². The first kappa shape index (κ1) is 13.0. The lowest BCUT2D eigenvalue weighted by molar-refractivity contribution is 0.416. The van der Waals surface area contributed by atoms with E-state index in [1.807, 2.05) is 30.7 Å².